The monoisotopic (exact) mass is 471 g/mol. The lowest BCUT2D eigenvalue weighted by molar-refractivity contribution is 0.0935. The lowest BCUT2D eigenvalue weighted by atomic mass is 10.1. The van der Waals surface area contributed by atoms with Crippen LogP contribution in [0.2, 0.25) is 0 Å². The van der Waals surface area contributed by atoms with Crippen LogP contribution in [0.1, 0.15) is 55.3 Å². The standard InChI is InChI=1S/C25H33N3O4S/c1-32-24-14-7-6-13-23(24)27-33(30,31)22-12-8-9-19(17-22)25(29)26-20-15-16-28(18-20)21-10-4-2-3-5-11-21/h6-9,12-14,17,20-21,27H,2-5,10-11,15-16,18H2,1H3,(H,26,29)/t20-/m0/s1. The summed E-state index contributed by atoms with van der Waals surface area (Å²) in [5, 5.41) is 3.11. The second-order valence-electron chi connectivity index (χ2n) is 8.93. The Morgan fingerprint density at radius 1 is 1.00 bits per heavy atom. The van der Waals surface area contributed by atoms with Crippen molar-refractivity contribution in [3.8, 4) is 5.75 Å². The molecule has 4 rings (SSSR count). The number of likely N-dealkylation sites (tertiary alicyclic amines) is 1. The van der Waals surface area contributed by atoms with Gasteiger partial charge in [-0.3, -0.25) is 14.4 Å². The first-order chi connectivity index (χ1) is 16.0. The van der Waals surface area contributed by atoms with Gasteiger partial charge in [0.15, 0.2) is 0 Å². The number of ether oxygens (including phenoxy) is 1. The third-order valence-corrected chi connectivity index (χ3v) is 8.02. The van der Waals surface area contributed by atoms with Crippen LogP contribution in [0.3, 0.4) is 0 Å². The van der Waals surface area contributed by atoms with E-state index >= 15 is 0 Å². The van der Waals surface area contributed by atoms with Crippen molar-refractivity contribution in [2.75, 3.05) is 24.9 Å². The Morgan fingerprint density at radius 2 is 1.76 bits per heavy atom. The average Bonchev–Trinajstić information content (AvgIpc) is 3.11. The Hall–Kier alpha value is -2.58. The molecule has 7 nitrogen and oxygen atoms in total. The minimum atomic E-state index is -3.87. The average molecular weight is 472 g/mol. The summed E-state index contributed by atoms with van der Waals surface area (Å²) in [4.78, 5) is 15.5. The zero-order chi connectivity index (χ0) is 23.3. The minimum absolute atomic E-state index is 0.0348. The van der Waals surface area contributed by atoms with Gasteiger partial charge in [-0.1, -0.05) is 43.9 Å². The summed E-state index contributed by atoms with van der Waals surface area (Å²) in [6.45, 7) is 1.87. The smallest absolute Gasteiger partial charge is 0.262 e. The van der Waals surface area contributed by atoms with E-state index in [1.807, 2.05) is 0 Å². The van der Waals surface area contributed by atoms with E-state index in [4.69, 9.17) is 4.74 Å². The van der Waals surface area contributed by atoms with Crippen LogP contribution >= 0.6 is 0 Å². The number of carbonyl (C=O) groups excluding carboxylic acids is 1. The van der Waals surface area contributed by atoms with Crippen molar-refractivity contribution >= 4 is 21.6 Å². The minimum Gasteiger partial charge on any atom is -0.495 e. The van der Waals surface area contributed by atoms with E-state index < -0.39 is 10.0 Å². The molecule has 0 aromatic heterocycles. The second kappa shape index (κ2) is 10.6. The molecule has 1 saturated heterocycles. The highest BCUT2D eigenvalue weighted by molar-refractivity contribution is 7.92. The lowest BCUT2D eigenvalue weighted by Crippen LogP contribution is -2.39. The predicted octanol–water partition coefficient (Wildman–Crippen LogP) is 4.02. The SMILES string of the molecule is COc1ccccc1NS(=O)(=O)c1cccc(C(=O)N[C@H]2CCN(C3CCCCCC3)C2)c1. The largest absolute Gasteiger partial charge is 0.495 e. The summed E-state index contributed by atoms with van der Waals surface area (Å²) in [5.74, 6) is 0.187. The molecule has 33 heavy (non-hydrogen) atoms. The molecule has 2 N–H and O–H groups in total. The molecule has 0 unspecified atom stereocenters. The molecule has 1 amide bonds. The van der Waals surface area contributed by atoms with Crippen LogP contribution in [-0.2, 0) is 10.0 Å². The van der Waals surface area contributed by atoms with E-state index in [9.17, 15) is 13.2 Å². The van der Waals surface area contributed by atoms with E-state index in [1.165, 1.54) is 57.8 Å². The number of nitrogens with one attached hydrogen (secondary N) is 2. The molecule has 1 aliphatic heterocycles. The Kier molecular flexibility index (Phi) is 7.55. The Bertz CT molecular complexity index is 1060. The number of sulfonamides is 1. The molecule has 8 heteroatoms. The molecular formula is C25H33N3O4S. The van der Waals surface area contributed by atoms with Crippen LogP contribution < -0.4 is 14.8 Å². The fourth-order valence-corrected chi connectivity index (χ4v) is 5.98. The van der Waals surface area contributed by atoms with Crippen LogP contribution in [0, 0.1) is 0 Å². The van der Waals surface area contributed by atoms with E-state index in [1.54, 1.807) is 36.4 Å². The van der Waals surface area contributed by atoms with Crippen LogP contribution in [0.4, 0.5) is 5.69 Å². The predicted molar refractivity (Wildman–Crippen MR) is 129 cm³/mol. The normalized spacial score (nSPS) is 20.2. The summed E-state index contributed by atoms with van der Waals surface area (Å²) in [7, 11) is -2.39. The fraction of sp³-hybridized carbons (Fsp3) is 0.480. The Labute approximate surface area is 196 Å². The third-order valence-electron chi connectivity index (χ3n) is 6.65. The summed E-state index contributed by atoms with van der Waals surface area (Å²) in [6, 6.07) is 13.7. The Balaban J connectivity index is 1.40. The fourth-order valence-electron chi connectivity index (χ4n) is 4.87. The topological polar surface area (TPSA) is 87.7 Å². The first-order valence-corrected chi connectivity index (χ1v) is 13.3. The number of methoxy groups -OCH3 is 1. The molecule has 0 bridgehead atoms. The first kappa shape index (κ1) is 23.6. The molecule has 0 spiro atoms. The van der Waals surface area contributed by atoms with Crippen LogP contribution in [0.15, 0.2) is 53.4 Å². The van der Waals surface area contributed by atoms with Crippen molar-refractivity contribution in [3.63, 3.8) is 0 Å². The molecule has 2 aliphatic rings. The lowest BCUT2D eigenvalue weighted by Gasteiger charge is -2.26. The van der Waals surface area contributed by atoms with Crippen molar-refractivity contribution in [3.05, 3.63) is 54.1 Å². The van der Waals surface area contributed by atoms with Crippen LogP contribution in [0.25, 0.3) is 0 Å². The molecule has 2 aromatic rings. The summed E-state index contributed by atoms with van der Waals surface area (Å²) in [5.41, 5.74) is 0.685. The number of amides is 1. The van der Waals surface area contributed by atoms with Crippen molar-refractivity contribution in [1.82, 2.24) is 10.2 Å². The van der Waals surface area contributed by atoms with Crippen molar-refractivity contribution in [1.29, 1.82) is 0 Å². The van der Waals surface area contributed by atoms with Gasteiger partial charge in [-0.25, -0.2) is 8.42 Å². The van der Waals surface area contributed by atoms with Crippen molar-refractivity contribution in [2.45, 2.75) is 61.9 Å². The number of hydrogen-bond donors (Lipinski definition) is 2. The molecule has 1 saturated carbocycles. The molecule has 1 heterocycles. The van der Waals surface area contributed by atoms with Crippen molar-refractivity contribution < 1.29 is 17.9 Å². The number of para-hydroxylation sites is 2. The maximum atomic E-state index is 12.9. The van der Waals surface area contributed by atoms with Gasteiger partial charge in [-0.05, 0) is 49.6 Å². The van der Waals surface area contributed by atoms with Gasteiger partial charge in [0.2, 0.25) is 0 Å². The highest BCUT2D eigenvalue weighted by atomic mass is 32.2. The van der Waals surface area contributed by atoms with Gasteiger partial charge in [0.25, 0.3) is 15.9 Å². The number of benzene rings is 2. The molecule has 1 atom stereocenters. The van der Waals surface area contributed by atoms with E-state index in [0.717, 1.165) is 19.5 Å². The van der Waals surface area contributed by atoms with Crippen LogP contribution in [0.5, 0.6) is 5.75 Å². The molecule has 2 fully saturated rings. The highest BCUT2D eigenvalue weighted by Gasteiger charge is 2.29. The van der Waals surface area contributed by atoms with Gasteiger partial charge in [0, 0.05) is 30.7 Å². The van der Waals surface area contributed by atoms with E-state index in [2.05, 4.69) is 14.9 Å². The summed E-state index contributed by atoms with van der Waals surface area (Å²) in [6.07, 6.45) is 8.67. The zero-order valence-electron chi connectivity index (χ0n) is 19.1. The van der Waals surface area contributed by atoms with Gasteiger partial charge >= 0.3 is 0 Å². The Morgan fingerprint density at radius 3 is 2.52 bits per heavy atom. The maximum absolute atomic E-state index is 12.9. The number of nitrogens with zero attached hydrogens (tertiary/aromatic N) is 1. The van der Waals surface area contributed by atoms with Gasteiger partial charge < -0.3 is 10.1 Å². The third kappa shape index (κ3) is 5.86. The highest BCUT2D eigenvalue weighted by Crippen LogP contribution is 2.27. The summed E-state index contributed by atoms with van der Waals surface area (Å²) >= 11 is 0. The molecule has 1 aliphatic carbocycles. The number of carbonyl (C=O) groups is 1. The number of rotatable bonds is 7. The van der Waals surface area contributed by atoms with Crippen LogP contribution in [-0.4, -0.2) is 51.5 Å². The first-order valence-electron chi connectivity index (χ1n) is 11.8. The van der Waals surface area contributed by atoms with Crippen molar-refractivity contribution in [2.24, 2.45) is 0 Å². The van der Waals surface area contributed by atoms with E-state index in [0.29, 0.717) is 23.0 Å². The molecular weight excluding hydrogens is 438 g/mol. The van der Waals surface area contributed by atoms with Gasteiger partial charge in [-0.2, -0.15) is 0 Å². The number of anilines is 1. The van der Waals surface area contributed by atoms with Gasteiger partial charge in [0.1, 0.15) is 5.75 Å². The maximum Gasteiger partial charge on any atom is 0.262 e. The molecule has 178 valence electrons. The molecule has 2 aromatic carbocycles. The van der Waals surface area contributed by atoms with Gasteiger partial charge in [0.05, 0.1) is 17.7 Å². The number of hydrogen-bond acceptors (Lipinski definition) is 5. The zero-order valence-corrected chi connectivity index (χ0v) is 19.9. The second-order valence-corrected chi connectivity index (χ2v) is 10.6. The van der Waals surface area contributed by atoms with Gasteiger partial charge in [-0.15, -0.1) is 0 Å². The molecule has 0 radical (unpaired) electrons. The van der Waals surface area contributed by atoms with E-state index in [-0.39, 0.29) is 16.8 Å². The quantitative estimate of drug-likeness (QED) is 0.596. The summed E-state index contributed by atoms with van der Waals surface area (Å²) < 4.78 is 33.6.